The highest BCUT2D eigenvalue weighted by Crippen LogP contribution is 2.26. The minimum absolute atomic E-state index is 0.0692. The zero-order valence-electron chi connectivity index (χ0n) is 7.31. The van der Waals surface area contributed by atoms with E-state index in [4.69, 9.17) is 10.6 Å². The molecule has 3 nitrogen and oxygen atoms in total. The molecule has 1 aliphatic heterocycles. The second-order valence-corrected chi connectivity index (χ2v) is 3.07. The van der Waals surface area contributed by atoms with Crippen molar-refractivity contribution in [2.45, 2.75) is 12.5 Å². The third-order valence-corrected chi connectivity index (χ3v) is 2.14. The van der Waals surface area contributed by atoms with Gasteiger partial charge in [-0.2, -0.15) is 0 Å². The lowest BCUT2D eigenvalue weighted by Gasteiger charge is -2.06. The molecule has 13 heavy (non-hydrogen) atoms. The molecule has 0 aromatic heterocycles. The van der Waals surface area contributed by atoms with Crippen LogP contribution in [0.5, 0.6) is 0 Å². The first-order valence-corrected chi connectivity index (χ1v) is 4.36. The minimum atomic E-state index is 0.0692. The maximum atomic E-state index is 5.46. The van der Waals surface area contributed by atoms with E-state index in [-0.39, 0.29) is 6.10 Å². The summed E-state index contributed by atoms with van der Waals surface area (Å²) in [6, 6.07) is 10.1. The van der Waals surface area contributed by atoms with Crippen LogP contribution in [0.4, 0.5) is 0 Å². The van der Waals surface area contributed by atoms with Gasteiger partial charge >= 0.3 is 0 Å². The van der Waals surface area contributed by atoms with Gasteiger partial charge in [0.1, 0.15) is 0 Å². The summed E-state index contributed by atoms with van der Waals surface area (Å²) in [5, 5.41) is 3.90. The third kappa shape index (κ3) is 1.70. The average molecular weight is 176 g/mol. The number of benzene rings is 1. The number of nitrogens with zero attached hydrogens (tertiary/aromatic N) is 1. The van der Waals surface area contributed by atoms with Crippen LogP contribution >= 0.6 is 0 Å². The van der Waals surface area contributed by atoms with E-state index in [9.17, 15) is 0 Å². The SMILES string of the molecule is NCC1=NO[C@@H](c2ccccc2)C1. The number of nitrogens with two attached hydrogens (primary N) is 1. The highest BCUT2D eigenvalue weighted by molar-refractivity contribution is 5.87. The molecule has 0 bridgehead atoms. The van der Waals surface area contributed by atoms with E-state index in [2.05, 4.69) is 5.16 Å². The first-order chi connectivity index (χ1) is 6.40. The summed E-state index contributed by atoms with van der Waals surface area (Å²) < 4.78 is 0. The predicted molar refractivity (Wildman–Crippen MR) is 51.4 cm³/mol. The van der Waals surface area contributed by atoms with Gasteiger partial charge in [-0.15, -0.1) is 0 Å². The smallest absolute Gasteiger partial charge is 0.157 e. The van der Waals surface area contributed by atoms with Crippen molar-refractivity contribution in [1.29, 1.82) is 0 Å². The van der Waals surface area contributed by atoms with Crippen LogP contribution in [0.1, 0.15) is 18.1 Å². The quantitative estimate of drug-likeness (QED) is 0.741. The van der Waals surface area contributed by atoms with E-state index < -0.39 is 0 Å². The highest BCUT2D eigenvalue weighted by atomic mass is 16.6. The Labute approximate surface area is 77.2 Å². The van der Waals surface area contributed by atoms with Gasteiger partial charge in [-0.1, -0.05) is 35.5 Å². The lowest BCUT2D eigenvalue weighted by molar-refractivity contribution is 0.0857. The molecule has 1 atom stereocenters. The van der Waals surface area contributed by atoms with Crippen LogP contribution in [0, 0.1) is 0 Å². The number of hydrogen-bond donors (Lipinski definition) is 1. The monoisotopic (exact) mass is 176 g/mol. The Balaban J connectivity index is 2.07. The summed E-state index contributed by atoms with van der Waals surface area (Å²) in [6.07, 6.45) is 0.889. The molecule has 0 saturated carbocycles. The normalized spacial score (nSPS) is 21.0. The molecule has 0 saturated heterocycles. The van der Waals surface area contributed by atoms with Crippen molar-refractivity contribution in [2.24, 2.45) is 10.9 Å². The van der Waals surface area contributed by atoms with Gasteiger partial charge in [-0.3, -0.25) is 0 Å². The van der Waals surface area contributed by atoms with Crippen LogP contribution < -0.4 is 5.73 Å². The molecule has 1 aliphatic rings. The van der Waals surface area contributed by atoms with E-state index in [0.717, 1.165) is 17.7 Å². The molecule has 0 aliphatic carbocycles. The van der Waals surface area contributed by atoms with Crippen molar-refractivity contribution in [3.05, 3.63) is 35.9 Å². The van der Waals surface area contributed by atoms with Crippen molar-refractivity contribution < 1.29 is 4.84 Å². The highest BCUT2D eigenvalue weighted by Gasteiger charge is 2.20. The predicted octanol–water partition coefficient (Wildman–Crippen LogP) is 1.46. The van der Waals surface area contributed by atoms with Crippen LogP contribution in [0.3, 0.4) is 0 Å². The van der Waals surface area contributed by atoms with Crippen molar-refractivity contribution in [1.82, 2.24) is 0 Å². The molecule has 0 unspecified atom stereocenters. The van der Waals surface area contributed by atoms with Gasteiger partial charge < -0.3 is 10.6 Å². The summed E-state index contributed by atoms with van der Waals surface area (Å²) in [7, 11) is 0. The van der Waals surface area contributed by atoms with E-state index in [1.807, 2.05) is 30.3 Å². The Morgan fingerprint density at radius 2 is 2.15 bits per heavy atom. The number of rotatable bonds is 2. The van der Waals surface area contributed by atoms with E-state index >= 15 is 0 Å². The Morgan fingerprint density at radius 3 is 2.77 bits per heavy atom. The first kappa shape index (κ1) is 8.26. The van der Waals surface area contributed by atoms with Gasteiger partial charge in [-0.25, -0.2) is 0 Å². The molecule has 0 spiro atoms. The van der Waals surface area contributed by atoms with Crippen LogP contribution in [-0.2, 0) is 4.84 Å². The molecule has 1 aromatic carbocycles. The molecule has 0 amide bonds. The fraction of sp³-hybridized carbons (Fsp3) is 0.300. The lowest BCUT2D eigenvalue weighted by Crippen LogP contribution is -2.12. The molecule has 2 rings (SSSR count). The molecular formula is C10H12N2O. The molecule has 3 heteroatoms. The van der Waals surface area contributed by atoms with Gasteiger partial charge in [-0.05, 0) is 5.56 Å². The summed E-state index contributed by atoms with van der Waals surface area (Å²) in [6.45, 7) is 0.489. The molecule has 0 fully saturated rings. The van der Waals surface area contributed by atoms with Crippen LogP contribution in [0.2, 0.25) is 0 Å². The van der Waals surface area contributed by atoms with Crippen LogP contribution in [0.15, 0.2) is 35.5 Å². The Bertz CT molecular complexity index is 308. The van der Waals surface area contributed by atoms with Crippen LogP contribution in [0.25, 0.3) is 0 Å². The second-order valence-electron chi connectivity index (χ2n) is 3.07. The largest absolute Gasteiger partial charge is 0.387 e. The lowest BCUT2D eigenvalue weighted by atomic mass is 10.1. The Hall–Kier alpha value is -1.35. The fourth-order valence-corrected chi connectivity index (χ4v) is 1.39. The molecule has 1 aromatic rings. The maximum Gasteiger partial charge on any atom is 0.157 e. The van der Waals surface area contributed by atoms with E-state index in [1.54, 1.807) is 0 Å². The van der Waals surface area contributed by atoms with Gasteiger partial charge in [0.25, 0.3) is 0 Å². The standard InChI is InChI=1S/C10H12N2O/c11-7-9-6-10(13-12-9)8-4-2-1-3-5-8/h1-5,10H,6-7,11H2/t10-/m1/s1. The zero-order chi connectivity index (χ0) is 9.10. The van der Waals surface area contributed by atoms with Crippen molar-refractivity contribution in [3.63, 3.8) is 0 Å². The van der Waals surface area contributed by atoms with Crippen molar-refractivity contribution >= 4 is 5.71 Å². The van der Waals surface area contributed by atoms with Crippen LogP contribution in [-0.4, -0.2) is 12.3 Å². The van der Waals surface area contributed by atoms with Gasteiger partial charge in [0.05, 0.1) is 5.71 Å². The van der Waals surface area contributed by atoms with Gasteiger partial charge in [0, 0.05) is 13.0 Å². The maximum absolute atomic E-state index is 5.46. The van der Waals surface area contributed by atoms with Gasteiger partial charge in [0.15, 0.2) is 6.10 Å². The van der Waals surface area contributed by atoms with E-state index in [1.165, 1.54) is 0 Å². The Morgan fingerprint density at radius 1 is 1.38 bits per heavy atom. The first-order valence-electron chi connectivity index (χ1n) is 4.36. The van der Waals surface area contributed by atoms with Crippen molar-refractivity contribution in [2.75, 3.05) is 6.54 Å². The molecular weight excluding hydrogens is 164 g/mol. The topological polar surface area (TPSA) is 47.6 Å². The van der Waals surface area contributed by atoms with Gasteiger partial charge in [0.2, 0.25) is 0 Å². The zero-order valence-corrected chi connectivity index (χ0v) is 7.31. The number of hydrogen-bond acceptors (Lipinski definition) is 3. The number of oxime groups is 1. The third-order valence-electron chi connectivity index (χ3n) is 2.14. The fourth-order valence-electron chi connectivity index (χ4n) is 1.39. The van der Waals surface area contributed by atoms with Crippen molar-refractivity contribution in [3.8, 4) is 0 Å². The minimum Gasteiger partial charge on any atom is -0.387 e. The molecule has 0 radical (unpaired) electrons. The summed E-state index contributed by atoms with van der Waals surface area (Å²) in [5.74, 6) is 0. The molecule has 2 N–H and O–H groups in total. The molecule has 1 heterocycles. The average Bonchev–Trinajstić information content (AvgIpc) is 2.67. The summed E-state index contributed by atoms with van der Waals surface area (Å²) in [5.41, 5.74) is 7.56. The molecule has 68 valence electrons. The second kappa shape index (κ2) is 3.58. The summed E-state index contributed by atoms with van der Waals surface area (Å²) >= 11 is 0. The van der Waals surface area contributed by atoms with E-state index in [0.29, 0.717) is 6.54 Å². The summed E-state index contributed by atoms with van der Waals surface area (Å²) in [4.78, 5) is 5.25. The Kier molecular flexibility index (Phi) is 2.27.